The van der Waals surface area contributed by atoms with Gasteiger partial charge in [0.05, 0.1) is 11.5 Å². The van der Waals surface area contributed by atoms with Gasteiger partial charge in [0.1, 0.15) is 17.1 Å². The van der Waals surface area contributed by atoms with Gasteiger partial charge in [-0.2, -0.15) is 0 Å². The second kappa shape index (κ2) is 7.10. The lowest BCUT2D eigenvalue weighted by atomic mass is 10.0. The average Bonchev–Trinajstić information content (AvgIpc) is 2.99. The van der Waals surface area contributed by atoms with Crippen LogP contribution >= 0.6 is 0 Å². The van der Waals surface area contributed by atoms with Gasteiger partial charge in [0.15, 0.2) is 0 Å². The molecule has 2 aromatic rings. The van der Waals surface area contributed by atoms with Crippen molar-refractivity contribution in [3.05, 3.63) is 69.7 Å². The van der Waals surface area contributed by atoms with E-state index in [0.717, 1.165) is 0 Å². The molecule has 0 fully saturated rings. The number of non-ortho nitro benzene ring substituents is 1. The second-order valence-electron chi connectivity index (χ2n) is 5.58. The molecule has 1 atom stereocenters. The molecule has 2 rings (SSSR count). The van der Waals surface area contributed by atoms with Gasteiger partial charge in [-0.25, -0.2) is 0 Å². The number of aryl methyl sites for hydroxylation is 1. The summed E-state index contributed by atoms with van der Waals surface area (Å²) in [6, 6.07) is 9.21. The predicted molar refractivity (Wildman–Crippen MR) is 88.2 cm³/mol. The number of hydrogen-bond donors (Lipinski definition) is 2. The second-order valence-corrected chi connectivity index (χ2v) is 5.58. The SMILES string of the molecule is Cc1ccc(C(C)(O)CNC(=O)C=Cc2ccc([N+](=O)[O-])cc2)o1. The Morgan fingerprint density at radius 2 is 2.00 bits per heavy atom. The van der Waals surface area contributed by atoms with Crippen LogP contribution in [0.25, 0.3) is 6.08 Å². The molecule has 1 heterocycles. The zero-order valence-corrected chi connectivity index (χ0v) is 13.4. The van der Waals surface area contributed by atoms with E-state index in [9.17, 15) is 20.0 Å². The fourth-order valence-electron chi connectivity index (χ4n) is 2.01. The fourth-order valence-corrected chi connectivity index (χ4v) is 2.01. The Bertz CT molecular complexity index is 760. The third kappa shape index (κ3) is 4.53. The van der Waals surface area contributed by atoms with Crippen LogP contribution in [-0.4, -0.2) is 22.5 Å². The molecule has 7 nitrogen and oxygen atoms in total. The van der Waals surface area contributed by atoms with Gasteiger partial charge in [0.25, 0.3) is 5.69 Å². The van der Waals surface area contributed by atoms with Gasteiger partial charge in [-0.3, -0.25) is 14.9 Å². The lowest BCUT2D eigenvalue weighted by molar-refractivity contribution is -0.384. The van der Waals surface area contributed by atoms with Crippen LogP contribution in [0.2, 0.25) is 0 Å². The largest absolute Gasteiger partial charge is 0.463 e. The third-order valence-corrected chi connectivity index (χ3v) is 3.41. The molecule has 0 bridgehead atoms. The molecule has 1 unspecified atom stereocenters. The number of nitro benzene ring substituents is 1. The summed E-state index contributed by atoms with van der Waals surface area (Å²) in [5.41, 5.74) is -0.670. The van der Waals surface area contributed by atoms with Crippen molar-refractivity contribution < 1.29 is 19.2 Å². The minimum absolute atomic E-state index is 0.0105. The van der Waals surface area contributed by atoms with Gasteiger partial charge in [0, 0.05) is 18.2 Å². The number of carbonyl (C=O) groups is 1. The van der Waals surface area contributed by atoms with Gasteiger partial charge in [0.2, 0.25) is 5.91 Å². The van der Waals surface area contributed by atoms with Crippen LogP contribution in [0.15, 0.2) is 46.9 Å². The minimum atomic E-state index is -1.31. The normalized spacial score (nSPS) is 13.6. The van der Waals surface area contributed by atoms with Crippen molar-refractivity contribution in [1.82, 2.24) is 5.32 Å². The molecule has 2 N–H and O–H groups in total. The van der Waals surface area contributed by atoms with Crippen molar-refractivity contribution in [2.75, 3.05) is 6.54 Å². The van der Waals surface area contributed by atoms with Gasteiger partial charge in [-0.1, -0.05) is 0 Å². The summed E-state index contributed by atoms with van der Waals surface area (Å²) in [4.78, 5) is 21.9. The zero-order chi connectivity index (χ0) is 17.7. The molecule has 0 saturated carbocycles. The summed E-state index contributed by atoms with van der Waals surface area (Å²) in [5, 5.41) is 23.5. The first kappa shape index (κ1) is 17.4. The van der Waals surface area contributed by atoms with E-state index >= 15 is 0 Å². The Hall–Kier alpha value is -2.93. The molecule has 126 valence electrons. The van der Waals surface area contributed by atoms with Crippen molar-refractivity contribution in [3.8, 4) is 0 Å². The molecule has 0 aliphatic rings. The molecule has 0 spiro atoms. The first-order valence-corrected chi connectivity index (χ1v) is 7.27. The highest BCUT2D eigenvalue weighted by atomic mass is 16.6. The zero-order valence-electron chi connectivity index (χ0n) is 13.4. The van der Waals surface area contributed by atoms with Gasteiger partial charge in [-0.05, 0) is 49.8 Å². The summed E-state index contributed by atoms with van der Waals surface area (Å²) in [5.74, 6) is 0.659. The Kier molecular flexibility index (Phi) is 5.15. The van der Waals surface area contributed by atoms with Crippen LogP contribution in [-0.2, 0) is 10.4 Å². The average molecular weight is 330 g/mol. The molecule has 1 aromatic carbocycles. The topological polar surface area (TPSA) is 106 Å². The number of furan rings is 1. The van der Waals surface area contributed by atoms with Gasteiger partial charge < -0.3 is 14.8 Å². The summed E-state index contributed by atoms with van der Waals surface area (Å²) in [7, 11) is 0. The van der Waals surface area contributed by atoms with Crippen molar-refractivity contribution in [2.45, 2.75) is 19.4 Å². The highest BCUT2D eigenvalue weighted by Crippen LogP contribution is 2.21. The van der Waals surface area contributed by atoms with E-state index < -0.39 is 16.4 Å². The number of nitrogens with one attached hydrogen (secondary N) is 1. The fraction of sp³-hybridized carbons (Fsp3) is 0.235. The first-order chi connectivity index (χ1) is 11.3. The highest BCUT2D eigenvalue weighted by Gasteiger charge is 2.27. The Labute approximate surface area is 138 Å². The monoisotopic (exact) mass is 330 g/mol. The highest BCUT2D eigenvalue weighted by molar-refractivity contribution is 5.91. The number of amides is 1. The van der Waals surface area contributed by atoms with E-state index in [4.69, 9.17) is 4.42 Å². The summed E-state index contributed by atoms with van der Waals surface area (Å²) >= 11 is 0. The predicted octanol–water partition coefficient (Wildman–Crippen LogP) is 2.53. The molecular weight excluding hydrogens is 312 g/mol. The van der Waals surface area contributed by atoms with Crippen LogP contribution in [0.3, 0.4) is 0 Å². The number of nitro groups is 1. The summed E-state index contributed by atoms with van der Waals surface area (Å²) in [6.45, 7) is 3.31. The maximum absolute atomic E-state index is 11.8. The maximum Gasteiger partial charge on any atom is 0.269 e. The van der Waals surface area contributed by atoms with E-state index in [1.165, 1.54) is 24.3 Å². The Morgan fingerprint density at radius 1 is 1.33 bits per heavy atom. The summed E-state index contributed by atoms with van der Waals surface area (Å²) in [6.07, 6.45) is 2.83. The van der Waals surface area contributed by atoms with E-state index in [-0.39, 0.29) is 12.2 Å². The molecule has 0 aliphatic heterocycles. The lowest BCUT2D eigenvalue weighted by Gasteiger charge is -2.20. The Morgan fingerprint density at radius 3 is 2.54 bits per heavy atom. The quantitative estimate of drug-likeness (QED) is 0.481. The Balaban J connectivity index is 1.91. The first-order valence-electron chi connectivity index (χ1n) is 7.27. The van der Waals surface area contributed by atoms with E-state index in [0.29, 0.717) is 17.1 Å². The van der Waals surface area contributed by atoms with Crippen molar-refractivity contribution in [3.63, 3.8) is 0 Å². The minimum Gasteiger partial charge on any atom is -0.463 e. The molecule has 0 radical (unpaired) electrons. The van der Waals surface area contributed by atoms with Crippen LogP contribution in [0, 0.1) is 17.0 Å². The molecule has 1 amide bonds. The number of hydrogen-bond acceptors (Lipinski definition) is 5. The van der Waals surface area contributed by atoms with Crippen molar-refractivity contribution >= 4 is 17.7 Å². The molecule has 24 heavy (non-hydrogen) atoms. The molecule has 7 heteroatoms. The summed E-state index contributed by atoms with van der Waals surface area (Å²) < 4.78 is 5.37. The number of aliphatic hydroxyl groups is 1. The van der Waals surface area contributed by atoms with Gasteiger partial charge in [-0.15, -0.1) is 0 Å². The van der Waals surface area contributed by atoms with E-state index in [2.05, 4.69) is 5.32 Å². The number of nitrogens with zero attached hydrogens (tertiary/aromatic N) is 1. The third-order valence-electron chi connectivity index (χ3n) is 3.41. The van der Waals surface area contributed by atoms with Crippen molar-refractivity contribution in [1.29, 1.82) is 0 Å². The lowest BCUT2D eigenvalue weighted by Crippen LogP contribution is -2.37. The number of rotatable bonds is 6. The van der Waals surface area contributed by atoms with Crippen molar-refractivity contribution in [2.24, 2.45) is 0 Å². The number of carbonyl (C=O) groups excluding carboxylic acids is 1. The molecule has 1 aromatic heterocycles. The van der Waals surface area contributed by atoms with E-state index in [1.807, 2.05) is 0 Å². The van der Waals surface area contributed by atoms with Crippen LogP contribution in [0.4, 0.5) is 5.69 Å². The standard InChI is InChI=1S/C17H18N2O5/c1-12-3-9-15(24-12)17(2,21)11-18-16(20)10-6-13-4-7-14(8-5-13)19(22)23/h3-10,21H,11H2,1-2H3,(H,18,20). The van der Waals surface area contributed by atoms with E-state index in [1.54, 1.807) is 38.1 Å². The van der Waals surface area contributed by atoms with Crippen LogP contribution in [0.1, 0.15) is 24.0 Å². The van der Waals surface area contributed by atoms with Gasteiger partial charge >= 0.3 is 0 Å². The molecule has 0 saturated heterocycles. The molecule has 0 aliphatic carbocycles. The maximum atomic E-state index is 11.8. The van der Waals surface area contributed by atoms with Crippen LogP contribution in [0.5, 0.6) is 0 Å². The number of benzene rings is 1. The smallest absolute Gasteiger partial charge is 0.269 e. The molecular formula is C17H18N2O5. The van der Waals surface area contributed by atoms with Crippen LogP contribution < -0.4 is 5.32 Å².